The van der Waals surface area contributed by atoms with E-state index >= 15 is 0 Å². The van der Waals surface area contributed by atoms with Crippen LogP contribution >= 0.6 is 0 Å². The van der Waals surface area contributed by atoms with Crippen molar-refractivity contribution < 1.29 is 4.79 Å². The summed E-state index contributed by atoms with van der Waals surface area (Å²) in [6.07, 6.45) is 10.4. The first-order chi connectivity index (χ1) is 9.18. The molecule has 0 saturated heterocycles. The maximum absolute atomic E-state index is 12.5. The van der Waals surface area contributed by atoms with Crippen LogP contribution in [0.3, 0.4) is 0 Å². The van der Waals surface area contributed by atoms with E-state index in [1.54, 1.807) is 0 Å². The van der Waals surface area contributed by atoms with Gasteiger partial charge in [0.05, 0.1) is 12.0 Å². The second-order valence-corrected chi connectivity index (χ2v) is 5.11. The summed E-state index contributed by atoms with van der Waals surface area (Å²) in [4.78, 5) is 14.3. The summed E-state index contributed by atoms with van der Waals surface area (Å²) in [6, 6.07) is 8.22. The Morgan fingerprint density at radius 3 is 2.79 bits per heavy atom. The van der Waals surface area contributed by atoms with Gasteiger partial charge >= 0.3 is 0 Å². The third kappa shape index (κ3) is 1.93. The van der Waals surface area contributed by atoms with Gasteiger partial charge in [0.25, 0.3) is 0 Å². The molecular formula is C17H17NO. The molecular weight excluding hydrogens is 234 g/mol. The average molecular weight is 251 g/mol. The highest BCUT2D eigenvalue weighted by Gasteiger charge is 2.28. The molecule has 1 aromatic rings. The molecule has 2 nitrogen and oxygen atoms in total. The maximum Gasteiger partial charge on any atom is 0.230 e. The number of fused-ring (bicyclic) bond motifs is 3. The first kappa shape index (κ1) is 12.0. The second-order valence-electron chi connectivity index (χ2n) is 5.11. The molecule has 0 N–H and O–H groups in total. The van der Waals surface area contributed by atoms with Crippen LogP contribution < -0.4 is 0 Å². The van der Waals surface area contributed by atoms with Crippen molar-refractivity contribution in [3.8, 4) is 0 Å². The largest absolute Gasteiger partial charge is 0.335 e. The lowest BCUT2D eigenvalue weighted by Crippen LogP contribution is -2.38. The van der Waals surface area contributed by atoms with Crippen LogP contribution in [-0.4, -0.2) is 23.9 Å². The van der Waals surface area contributed by atoms with Crippen LogP contribution in [0.4, 0.5) is 0 Å². The van der Waals surface area contributed by atoms with Gasteiger partial charge in [-0.05, 0) is 23.6 Å². The minimum Gasteiger partial charge on any atom is -0.335 e. The second kappa shape index (κ2) is 4.54. The zero-order valence-corrected chi connectivity index (χ0v) is 11.2. The van der Waals surface area contributed by atoms with Crippen molar-refractivity contribution in [2.45, 2.75) is 18.9 Å². The number of rotatable bonds is 0. The number of carbonyl (C=O) groups excluding carboxylic acids is 1. The fourth-order valence-electron chi connectivity index (χ4n) is 2.78. The van der Waals surface area contributed by atoms with Gasteiger partial charge in [0.1, 0.15) is 0 Å². The lowest BCUT2D eigenvalue weighted by Gasteiger charge is -2.30. The topological polar surface area (TPSA) is 20.3 Å². The molecule has 2 unspecified atom stereocenters. The van der Waals surface area contributed by atoms with Crippen LogP contribution in [0.2, 0.25) is 0 Å². The quantitative estimate of drug-likeness (QED) is 0.693. The predicted molar refractivity (Wildman–Crippen MR) is 77.7 cm³/mol. The van der Waals surface area contributed by atoms with Crippen LogP contribution in [-0.2, 0) is 4.79 Å². The van der Waals surface area contributed by atoms with Gasteiger partial charge in [0.15, 0.2) is 0 Å². The Kier molecular flexibility index (Phi) is 2.86. The number of benzene rings is 1. The van der Waals surface area contributed by atoms with Crippen molar-refractivity contribution in [3.05, 3.63) is 65.8 Å². The van der Waals surface area contributed by atoms with E-state index in [0.717, 1.165) is 5.56 Å². The molecule has 96 valence electrons. The zero-order chi connectivity index (χ0) is 13.4. The van der Waals surface area contributed by atoms with E-state index in [1.807, 2.05) is 43.2 Å². The summed E-state index contributed by atoms with van der Waals surface area (Å²) < 4.78 is 0. The molecule has 2 heteroatoms. The van der Waals surface area contributed by atoms with Gasteiger partial charge in [-0.15, -0.1) is 0 Å². The van der Waals surface area contributed by atoms with Gasteiger partial charge in [-0.1, -0.05) is 54.6 Å². The summed E-state index contributed by atoms with van der Waals surface area (Å²) in [7, 11) is 1.88. The van der Waals surface area contributed by atoms with Gasteiger partial charge < -0.3 is 4.90 Å². The number of hydrogen-bond acceptors (Lipinski definition) is 1. The summed E-state index contributed by atoms with van der Waals surface area (Å²) >= 11 is 0. The standard InChI is InChI=1S/C17H17NO/c1-12-15-9-5-6-10-16(15)13-7-3-4-8-14(11-13)18(2)17(12)19/h3-12,14H,1-2H3. The van der Waals surface area contributed by atoms with Crippen molar-refractivity contribution in [1.82, 2.24) is 4.90 Å². The van der Waals surface area contributed by atoms with E-state index in [1.165, 1.54) is 11.1 Å². The normalized spacial score (nSPS) is 25.3. The third-order valence-corrected chi connectivity index (χ3v) is 3.95. The molecule has 1 heterocycles. The SMILES string of the molecule is CC1C(=O)N(C)C2C=CC=CC(=C2)c2ccccc21. The minimum atomic E-state index is -0.104. The highest BCUT2D eigenvalue weighted by atomic mass is 16.2. The van der Waals surface area contributed by atoms with Crippen LogP contribution in [0.25, 0.3) is 5.57 Å². The van der Waals surface area contributed by atoms with E-state index in [0.29, 0.717) is 0 Å². The van der Waals surface area contributed by atoms with Crippen LogP contribution in [0.5, 0.6) is 0 Å². The molecule has 0 fully saturated rings. The molecule has 0 saturated carbocycles. The maximum atomic E-state index is 12.5. The van der Waals surface area contributed by atoms with Crippen LogP contribution in [0.1, 0.15) is 24.0 Å². The van der Waals surface area contributed by atoms with Gasteiger partial charge in [-0.3, -0.25) is 4.79 Å². The molecule has 2 aliphatic rings. The van der Waals surface area contributed by atoms with E-state index in [-0.39, 0.29) is 17.9 Å². The summed E-state index contributed by atoms with van der Waals surface area (Å²) in [5.41, 5.74) is 3.47. The molecule has 0 aromatic heterocycles. The van der Waals surface area contributed by atoms with Crippen molar-refractivity contribution >= 4 is 11.5 Å². The highest BCUT2D eigenvalue weighted by Crippen LogP contribution is 2.32. The van der Waals surface area contributed by atoms with Gasteiger partial charge in [-0.2, -0.15) is 0 Å². The molecule has 2 bridgehead atoms. The molecule has 0 spiro atoms. The Balaban J connectivity index is 2.25. The van der Waals surface area contributed by atoms with E-state index in [9.17, 15) is 4.79 Å². The number of carbonyl (C=O) groups is 1. The Hall–Kier alpha value is -2.09. The van der Waals surface area contributed by atoms with Crippen molar-refractivity contribution in [2.24, 2.45) is 0 Å². The Morgan fingerprint density at radius 1 is 1.16 bits per heavy atom. The smallest absolute Gasteiger partial charge is 0.230 e. The molecule has 1 amide bonds. The summed E-state index contributed by atoms with van der Waals surface area (Å²) in [6.45, 7) is 1.99. The highest BCUT2D eigenvalue weighted by molar-refractivity contribution is 5.89. The third-order valence-electron chi connectivity index (χ3n) is 3.95. The fraction of sp³-hybridized carbons (Fsp3) is 0.235. The van der Waals surface area contributed by atoms with Crippen molar-refractivity contribution in [2.75, 3.05) is 7.05 Å². The Bertz CT molecular complexity index is 609. The molecule has 0 radical (unpaired) electrons. The Morgan fingerprint density at radius 2 is 1.95 bits per heavy atom. The number of nitrogens with zero attached hydrogens (tertiary/aromatic N) is 1. The van der Waals surface area contributed by atoms with Gasteiger partial charge in [0, 0.05) is 7.05 Å². The molecule has 1 aliphatic heterocycles. The van der Waals surface area contributed by atoms with Crippen LogP contribution in [0.15, 0.2) is 54.6 Å². The van der Waals surface area contributed by atoms with Crippen molar-refractivity contribution in [1.29, 1.82) is 0 Å². The predicted octanol–water partition coefficient (Wildman–Crippen LogP) is 3.14. The number of hydrogen-bond donors (Lipinski definition) is 0. The number of likely N-dealkylation sites (N-methyl/N-ethyl adjacent to an activating group) is 1. The molecule has 3 rings (SSSR count). The monoisotopic (exact) mass is 251 g/mol. The zero-order valence-electron chi connectivity index (χ0n) is 11.2. The minimum absolute atomic E-state index is 0.0355. The van der Waals surface area contributed by atoms with E-state index in [4.69, 9.17) is 0 Å². The average Bonchev–Trinajstić information content (AvgIpc) is 2.70. The summed E-state index contributed by atoms with van der Waals surface area (Å²) in [5.74, 6) is 0.0617. The first-order valence-electron chi connectivity index (χ1n) is 6.61. The van der Waals surface area contributed by atoms with E-state index < -0.39 is 0 Å². The Labute approximate surface area is 113 Å². The fourth-order valence-corrected chi connectivity index (χ4v) is 2.78. The van der Waals surface area contributed by atoms with Gasteiger partial charge in [0.2, 0.25) is 5.91 Å². The van der Waals surface area contributed by atoms with Crippen LogP contribution in [0, 0.1) is 0 Å². The lowest BCUT2D eigenvalue weighted by atomic mass is 9.88. The molecule has 1 aromatic carbocycles. The van der Waals surface area contributed by atoms with Crippen molar-refractivity contribution in [3.63, 3.8) is 0 Å². The molecule has 2 atom stereocenters. The van der Waals surface area contributed by atoms with E-state index in [2.05, 4.69) is 30.4 Å². The summed E-state index contributed by atoms with van der Waals surface area (Å²) in [5, 5.41) is 0. The molecule has 1 aliphatic carbocycles. The lowest BCUT2D eigenvalue weighted by molar-refractivity contribution is -0.131. The molecule has 19 heavy (non-hydrogen) atoms. The van der Waals surface area contributed by atoms with Gasteiger partial charge in [-0.25, -0.2) is 0 Å². The number of allylic oxidation sites excluding steroid dienone is 4. The first-order valence-corrected chi connectivity index (χ1v) is 6.61. The number of amides is 1.